The van der Waals surface area contributed by atoms with E-state index in [1.165, 1.54) is 29.2 Å². The molecule has 0 radical (unpaired) electrons. The Morgan fingerprint density at radius 3 is 1.66 bits per heavy atom. The monoisotopic (exact) mass is 1100 g/mol. The fourth-order valence-electron chi connectivity index (χ4n) is 7.40. The number of hydrogen-bond donors (Lipinski definition) is 16. The van der Waals surface area contributed by atoms with Gasteiger partial charge in [-0.15, -0.1) is 0 Å². The normalized spacial score (nSPS) is 15.4. The molecule has 0 bridgehead atoms. The first kappa shape index (κ1) is 64.6. The van der Waals surface area contributed by atoms with E-state index in [-0.39, 0.29) is 56.0 Å². The maximum absolute atomic E-state index is 14.2. The number of likely N-dealkylation sites (tertiary alicyclic amines) is 1. The van der Waals surface area contributed by atoms with Gasteiger partial charge in [-0.25, -0.2) is 0 Å². The fourth-order valence-corrected chi connectivity index (χ4v) is 7.81. The Bertz CT molecular complexity index is 2350. The zero-order chi connectivity index (χ0) is 57.1. The number of hydrogen-bond acceptors (Lipinski definition) is 17. The van der Waals surface area contributed by atoms with Gasteiger partial charge < -0.3 is 81.0 Å². The first-order valence-electron chi connectivity index (χ1n) is 23.8. The molecular formula is C47H69N13O14S2. The number of carboxylic acid groups (broad SMARTS) is 1. The van der Waals surface area contributed by atoms with E-state index < -0.39 is 145 Å². The van der Waals surface area contributed by atoms with Crippen molar-refractivity contribution in [2.45, 2.75) is 113 Å². The molecule has 19 N–H and O–H groups in total. The fraction of sp³-hybridized carbons (Fsp3) is 0.489. The Kier molecular flexibility index (Phi) is 28.4. The number of phenols is 1. The Hall–Kier alpha value is -7.50. The van der Waals surface area contributed by atoms with Gasteiger partial charge in [0.2, 0.25) is 65.0 Å². The van der Waals surface area contributed by atoms with Crippen molar-refractivity contribution in [3.63, 3.8) is 0 Å². The van der Waals surface area contributed by atoms with Crippen molar-refractivity contribution < 1.29 is 67.7 Å². The van der Waals surface area contributed by atoms with E-state index in [1.807, 2.05) is 0 Å². The minimum atomic E-state index is -1.79. The number of thiol groups is 2. The van der Waals surface area contributed by atoms with E-state index in [9.17, 15) is 57.8 Å². The highest BCUT2D eigenvalue weighted by Gasteiger charge is 2.40. The number of carboxylic acids is 1. The van der Waals surface area contributed by atoms with E-state index in [4.69, 9.17) is 38.6 Å². The van der Waals surface area contributed by atoms with Crippen LogP contribution in [0.3, 0.4) is 0 Å². The van der Waals surface area contributed by atoms with Crippen LogP contribution in [0, 0.1) is 0 Å². The number of aliphatic carboxylic acids is 1. The van der Waals surface area contributed by atoms with Gasteiger partial charge in [-0.1, -0.05) is 42.5 Å². The smallest absolute Gasteiger partial charge is 0.300 e. The van der Waals surface area contributed by atoms with E-state index in [0.717, 1.165) is 6.92 Å². The largest absolute Gasteiger partial charge is 0.508 e. The number of nitrogens with two attached hydrogens (primary N) is 5. The Morgan fingerprint density at radius 2 is 1.13 bits per heavy atom. The highest BCUT2D eigenvalue weighted by Crippen LogP contribution is 2.20. The quantitative estimate of drug-likeness (QED) is 0.0325. The van der Waals surface area contributed by atoms with Crippen molar-refractivity contribution in [3.05, 3.63) is 65.7 Å². The maximum Gasteiger partial charge on any atom is 0.300 e. The molecule has 2 aromatic rings. The van der Waals surface area contributed by atoms with Crippen molar-refractivity contribution in [2.75, 3.05) is 31.1 Å². The lowest BCUT2D eigenvalue weighted by Crippen LogP contribution is -2.61. The molecule has 3 rings (SSSR count). The van der Waals surface area contributed by atoms with Crippen LogP contribution >= 0.6 is 25.3 Å². The number of rotatable bonds is 30. The first-order valence-corrected chi connectivity index (χ1v) is 25.1. The minimum absolute atomic E-state index is 0.0527. The van der Waals surface area contributed by atoms with Gasteiger partial charge in [0.05, 0.1) is 19.0 Å². The second-order valence-electron chi connectivity index (χ2n) is 17.4. The molecule has 0 aliphatic carbocycles. The molecule has 1 aliphatic heterocycles. The molecule has 0 unspecified atom stereocenters. The average molecular weight is 1100 g/mol. The zero-order valence-corrected chi connectivity index (χ0v) is 43.5. The van der Waals surface area contributed by atoms with Gasteiger partial charge in [0.1, 0.15) is 48.0 Å². The van der Waals surface area contributed by atoms with Crippen molar-refractivity contribution in [1.29, 1.82) is 0 Å². The number of carbonyl (C=O) groups excluding carboxylic acids is 11. The lowest BCUT2D eigenvalue weighted by molar-refractivity contribution is -0.142. The molecule has 1 saturated heterocycles. The van der Waals surface area contributed by atoms with Gasteiger partial charge in [-0.05, 0) is 61.9 Å². The molecular weight excluding hydrogens is 1030 g/mol. The highest BCUT2D eigenvalue weighted by atomic mass is 32.1. The predicted octanol–water partition coefficient (Wildman–Crippen LogP) is -5.16. The number of amides is 11. The zero-order valence-electron chi connectivity index (χ0n) is 41.7. The van der Waals surface area contributed by atoms with E-state index >= 15 is 0 Å². The van der Waals surface area contributed by atoms with Crippen molar-refractivity contribution in [3.8, 4) is 5.75 Å². The third-order valence-corrected chi connectivity index (χ3v) is 12.0. The van der Waals surface area contributed by atoms with Crippen LogP contribution in [0.2, 0.25) is 0 Å². The molecule has 0 spiro atoms. The summed E-state index contributed by atoms with van der Waals surface area (Å²) in [6, 6.07) is 3.19. The van der Waals surface area contributed by atoms with Crippen LogP contribution in [0.15, 0.2) is 54.6 Å². The SMILES string of the molecule is CC(=O)O.NCCC[C@H](NC(=O)[C@@H]1CCCN1C(=O)[C@H](CS)NC(=O)[C@H](CC(N)=O)NC(=O)[C@H](CCC(N)=O)NC(=O)[C@H](Cc1ccccc1)NC(=O)[C@H](Cc1ccc(O)cc1)NC(=O)[C@@H](N)CS)C(=O)NCC(N)=O. The van der Waals surface area contributed by atoms with Crippen molar-refractivity contribution in [1.82, 2.24) is 42.1 Å². The molecule has 1 heterocycles. The summed E-state index contributed by atoms with van der Waals surface area (Å²) in [6.45, 7) is 0.844. The average Bonchev–Trinajstić information content (AvgIpc) is 3.87. The Morgan fingerprint density at radius 1 is 0.632 bits per heavy atom. The molecule has 27 nitrogen and oxygen atoms in total. The predicted molar refractivity (Wildman–Crippen MR) is 280 cm³/mol. The van der Waals surface area contributed by atoms with E-state index in [0.29, 0.717) is 24.0 Å². The molecule has 0 aromatic heterocycles. The number of carbonyl (C=O) groups is 12. The van der Waals surface area contributed by atoms with Crippen molar-refractivity contribution >= 4 is 96.2 Å². The molecule has 29 heteroatoms. The second kappa shape index (κ2) is 33.4. The van der Waals surface area contributed by atoms with Crippen LogP contribution in [-0.4, -0.2) is 166 Å². The van der Waals surface area contributed by atoms with Crippen LogP contribution in [0.25, 0.3) is 0 Å². The lowest BCUT2D eigenvalue weighted by Gasteiger charge is -2.30. The summed E-state index contributed by atoms with van der Waals surface area (Å²) in [5.41, 5.74) is 28.6. The topological polar surface area (TPSA) is 463 Å². The van der Waals surface area contributed by atoms with Gasteiger partial charge in [-0.3, -0.25) is 57.5 Å². The summed E-state index contributed by atoms with van der Waals surface area (Å²) < 4.78 is 0. The maximum atomic E-state index is 14.2. The molecule has 1 fully saturated rings. The minimum Gasteiger partial charge on any atom is -0.508 e. The number of nitrogens with zero attached hydrogens (tertiary/aromatic N) is 1. The van der Waals surface area contributed by atoms with Gasteiger partial charge in [0.15, 0.2) is 0 Å². The molecule has 1 aliphatic rings. The molecule has 418 valence electrons. The van der Waals surface area contributed by atoms with Crippen LogP contribution in [0.5, 0.6) is 5.75 Å². The van der Waals surface area contributed by atoms with E-state index in [2.05, 4.69) is 62.5 Å². The van der Waals surface area contributed by atoms with Gasteiger partial charge >= 0.3 is 0 Å². The van der Waals surface area contributed by atoms with Crippen LogP contribution in [0.1, 0.15) is 63.0 Å². The van der Waals surface area contributed by atoms with Crippen LogP contribution in [-0.2, 0) is 70.4 Å². The number of phenolic OH excluding ortho intramolecular Hbond substituents is 1. The van der Waals surface area contributed by atoms with Gasteiger partial charge in [-0.2, -0.15) is 25.3 Å². The number of primary amides is 3. The number of benzene rings is 2. The summed E-state index contributed by atoms with van der Waals surface area (Å²) in [6.07, 6.45) is -1.06. The Balaban J connectivity index is 0.00000476. The summed E-state index contributed by atoms with van der Waals surface area (Å²) in [4.78, 5) is 155. The number of aromatic hydroxyl groups is 1. The second-order valence-corrected chi connectivity index (χ2v) is 18.1. The molecule has 2 aromatic carbocycles. The molecule has 76 heavy (non-hydrogen) atoms. The highest BCUT2D eigenvalue weighted by molar-refractivity contribution is 7.80. The van der Waals surface area contributed by atoms with Crippen molar-refractivity contribution in [2.24, 2.45) is 28.7 Å². The lowest BCUT2D eigenvalue weighted by atomic mass is 10.0. The third-order valence-electron chi connectivity index (χ3n) is 11.2. The summed E-state index contributed by atoms with van der Waals surface area (Å²) in [5, 5.41) is 34.6. The molecule has 0 saturated carbocycles. The first-order chi connectivity index (χ1) is 35.9. The summed E-state index contributed by atoms with van der Waals surface area (Å²) in [5.74, 6) is -11.0. The summed E-state index contributed by atoms with van der Waals surface area (Å²) in [7, 11) is 0. The molecule has 8 atom stereocenters. The number of nitrogens with one attached hydrogen (secondary N) is 7. The third kappa shape index (κ3) is 23.4. The summed E-state index contributed by atoms with van der Waals surface area (Å²) >= 11 is 8.29. The van der Waals surface area contributed by atoms with Crippen LogP contribution < -0.4 is 65.9 Å². The molecule has 11 amide bonds. The van der Waals surface area contributed by atoms with E-state index in [1.54, 1.807) is 30.3 Å². The Labute approximate surface area is 448 Å². The van der Waals surface area contributed by atoms with Crippen LogP contribution in [0.4, 0.5) is 0 Å². The standard InChI is InChI=1S/C45H65N13O12S2.C2H4O2/c46-16-4-8-28(39(64)51-21-37(50)62)53-44(69)34-9-5-17-58(34)45(70)33(23-72)57-43(68)32(20-36(49)61)56-40(65)29(14-15-35(48)60)52-41(66)31(18-24-6-2-1-3-7-24)55-42(67)30(54-38(63)27(47)22-71)19-25-10-12-26(59)13-11-25;1-2(3)4/h1-3,6-7,10-13,27-34,59,71-72H,4-5,8-9,14-23,46-47H2,(H2,48,60)(H2,49,61)(H2,50,62)(H,51,64)(H,52,66)(H,53,69)(H,54,63)(H,55,67)(H,56,65)(H,57,68);1H3,(H,3,4)/t27-,28-,29-,30-,31-,32-,33-,34-;/m0./s1. The van der Waals surface area contributed by atoms with Gasteiger partial charge in [0, 0.05) is 44.2 Å². The van der Waals surface area contributed by atoms with Gasteiger partial charge in [0.25, 0.3) is 5.97 Å².